The molecule has 1 fully saturated rings. The minimum Gasteiger partial charge on any atom is -0.461 e. The van der Waals surface area contributed by atoms with Gasteiger partial charge in [-0.15, -0.1) is 0 Å². The molecule has 1 saturated carbocycles. The van der Waals surface area contributed by atoms with Gasteiger partial charge in [0.25, 0.3) is 0 Å². The number of ether oxygens (including phenoxy) is 1. The summed E-state index contributed by atoms with van der Waals surface area (Å²) in [4.78, 5) is 11.7. The van der Waals surface area contributed by atoms with Crippen LogP contribution in [0.4, 0.5) is 0 Å². The molecule has 0 aromatic heterocycles. The molecule has 1 aliphatic carbocycles. The molecule has 0 aliphatic heterocycles. The molecule has 0 saturated heterocycles. The third-order valence-corrected chi connectivity index (χ3v) is 3.36. The van der Waals surface area contributed by atoms with Crippen molar-refractivity contribution in [3.8, 4) is 0 Å². The average Bonchev–Trinajstić information content (AvgIpc) is 2.28. The Labute approximate surface area is 92.4 Å². The van der Waals surface area contributed by atoms with E-state index in [0.29, 0.717) is 0 Å². The highest BCUT2D eigenvalue weighted by molar-refractivity contribution is 5.76. The maximum Gasteiger partial charge on any atom is 0.323 e. The molecule has 0 aromatic carbocycles. The zero-order valence-corrected chi connectivity index (χ0v) is 9.87. The van der Waals surface area contributed by atoms with Crippen LogP contribution in [-0.2, 0) is 9.53 Å². The first kappa shape index (κ1) is 12.5. The average molecular weight is 213 g/mol. The van der Waals surface area contributed by atoms with E-state index >= 15 is 0 Å². The van der Waals surface area contributed by atoms with Gasteiger partial charge in [-0.2, -0.15) is 0 Å². The van der Waals surface area contributed by atoms with E-state index in [0.717, 1.165) is 19.3 Å². The predicted octanol–water partition coefficient (Wildman–Crippen LogP) is 2.24. The first-order valence-corrected chi connectivity index (χ1v) is 6.11. The smallest absolute Gasteiger partial charge is 0.323 e. The lowest BCUT2D eigenvalue weighted by Gasteiger charge is -2.25. The molecule has 0 amide bonds. The maximum absolute atomic E-state index is 11.7. The second-order valence-corrected chi connectivity index (χ2v) is 4.61. The fourth-order valence-corrected chi connectivity index (χ4v) is 1.91. The molecule has 0 spiro atoms. The number of hydrogen-bond acceptors (Lipinski definition) is 3. The predicted molar refractivity (Wildman–Crippen MR) is 60.4 cm³/mol. The van der Waals surface area contributed by atoms with Crippen molar-refractivity contribution in [1.82, 2.24) is 0 Å². The van der Waals surface area contributed by atoms with Gasteiger partial charge in [-0.1, -0.05) is 26.7 Å². The summed E-state index contributed by atoms with van der Waals surface area (Å²) in [5.41, 5.74) is 5.81. The van der Waals surface area contributed by atoms with Crippen LogP contribution >= 0.6 is 0 Å². The lowest BCUT2D eigenvalue weighted by molar-refractivity contribution is -0.153. The van der Waals surface area contributed by atoms with Crippen molar-refractivity contribution in [2.24, 2.45) is 11.7 Å². The molecule has 0 bridgehead atoms. The molecule has 3 nitrogen and oxygen atoms in total. The third kappa shape index (κ3) is 3.82. The van der Waals surface area contributed by atoms with Gasteiger partial charge in [0, 0.05) is 0 Å². The Bertz CT molecular complexity index is 200. The number of carbonyl (C=O) groups excluding carboxylic acids is 1. The van der Waals surface area contributed by atoms with Crippen molar-refractivity contribution in [3.63, 3.8) is 0 Å². The molecule has 0 radical (unpaired) electrons. The van der Waals surface area contributed by atoms with Crippen molar-refractivity contribution in [2.45, 2.75) is 64.5 Å². The topological polar surface area (TPSA) is 52.3 Å². The summed E-state index contributed by atoms with van der Waals surface area (Å²) < 4.78 is 5.41. The van der Waals surface area contributed by atoms with Crippen LogP contribution in [0.25, 0.3) is 0 Å². The fourth-order valence-electron chi connectivity index (χ4n) is 1.91. The minimum atomic E-state index is -0.447. The first-order chi connectivity index (χ1) is 7.15. The Morgan fingerprint density at radius 2 is 2.00 bits per heavy atom. The number of hydrogen-bond donors (Lipinski definition) is 1. The molecule has 2 unspecified atom stereocenters. The zero-order valence-electron chi connectivity index (χ0n) is 9.87. The van der Waals surface area contributed by atoms with Crippen LogP contribution in [0.3, 0.4) is 0 Å². The molecule has 2 atom stereocenters. The monoisotopic (exact) mass is 213 g/mol. The van der Waals surface area contributed by atoms with E-state index in [2.05, 4.69) is 0 Å². The molecule has 88 valence electrons. The van der Waals surface area contributed by atoms with E-state index in [9.17, 15) is 4.79 Å². The molecule has 0 heterocycles. The Morgan fingerprint density at radius 3 is 2.53 bits per heavy atom. The molecule has 1 aliphatic rings. The second-order valence-electron chi connectivity index (χ2n) is 4.61. The summed E-state index contributed by atoms with van der Waals surface area (Å²) in [5, 5.41) is 0. The fraction of sp³-hybridized carbons (Fsp3) is 0.917. The van der Waals surface area contributed by atoms with Crippen molar-refractivity contribution < 1.29 is 9.53 Å². The number of carbonyl (C=O) groups is 1. The third-order valence-electron chi connectivity index (χ3n) is 3.36. The Kier molecular flexibility index (Phi) is 5.09. The highest BCUT2D eigenvalue weighted by Gasteiger charge is 2.24. The Balaban J connectivity index is 2.33. The van der Waals surface area contributed by atoms with E-state index in [1.54, 1.807) is 0 Å². The van der Waals surface area contributed by atoms with E-state index in [1.165, 1.54) is 19.3 Å². The van der Waals surface area contributed by atoms with E-state index in [4.69, 9.17) is 10.5 Å². The lowest BCUT2D eigenvalue weighted by atomic mass is 9.97. The normalized spacial score (nSPS) is 22.1. The highest BCUT2D eigenvalue weighted by atomic mass is 16.5. The molecule has 2 N–H and O–H groups in total. The van der Waals surface area contributed by atoms with Crippen molar-refractivity contribution in [1.29, 1.82) is 0 Å². The molecule has 3 heteroatoms. The van der Waals surface area contributed by atoms with Gasteiger partial charge in [0.05, 0.1) is 0 Å². The second kappa shape index (κ2) is 6.11. The molecule has 0 aromatic rings. The molecule has 15 heavy (non-hydrogen) atoms. The highest BCUT2D eigenvalue weighted by Crippen LogP contribution is 2.21. The van der Waals surface area contributed by atoms with E-state index < -0.39 is 6.04 Å². The van der Waals surface area contributed by atoms with E-state index in [-0.39, 0.29) is 18.0 Å². The van der Waals surface area contributed by atoms with Crippen LogP contribution in [0.5, 0.6) is 0 Å². The van der Waals surface area contributed by atoms with Gasteiger partial charge < -0.3 is 10.5 Å². The standard InChI is InChI=1S/C12H23NO2/c1-3-9(2)11(13)12(14)15-10-7-5-4-6-8-10/h9-11H,3-8,13H2,1-2H3. The number of rotatable bonds is 4. The number of esters is 1. The summed E-state index contributed by atoms with van der Waals surface area (Å²) in [6, 6.07) is -0.447. The summed E-state index contributed by atoms with van der Waals surface area (Å²) in [7, 11) is 0. The van der Waals surface area contributed by atoms with Gasteiger partial charge in [0.15, 0.2) is 0 Å². The van der Waals surface area contributed by atoms with Crippen molar-refractivity contribution in [2.75, 3.05) is 0 Å². The van der Waals surface area contributed by atoms with Gasteiger partial charge in [-0.25, -0.2) is 0 Å². The quantitative estimate of drug-likeness (QED) is 0.729. The zero-order chi connectivity index (χ0) is 11.3. The largest absolute Gasteiger partial charge is 0.461 e. The lowest BCUT2D eigenvalue weighted by Crippen LogP contribution is -2.40. The first-order valence-electron chi connectivity index (χ1n) is 6.11. The van der Waals surface area contributed by atoms with Gasteiger partial charge in [0.1, 0.15) is 12.1 Å². The van der Waals surface area contributed by atoms with Crippen LogP contribution in [0, 0.1) is 5.92 Å². The van der Waals surface area contributed by atoms with Crippen LogP contribution in [0.15, 0.2) is 0 Å². The van der Waals surface area contributed by atoms with Crippen LogP contribution in [0.1, 0.15) is 52.4 Å². The van der Waals surface area contributed by atoms with Crippen molar-refractivity contribution >= 4 is 5.97 Å². The summed E-state index contributed by atoms with van der Waals surface area (Å²) >= 11 is 0. The summed E-state index contributed by atoms with van der Waals surface area (Å²) in [6.07, 6.45) is 6.69. The van der Waals surface area contributed by atoms with Crippen LogP contribution in [0.2, 0.25) is 0 Å². The molecule has 1 rings (SSSR count). The number of nitrogens with two attached hydrogens (primary N) is 1. The van der Waals surface area contributed by atoms with Crippen molar-refractivity contribution in [3.05, 3.63) is 0 Å². The van der Waals surface area contributed by atoms with E-state index in [1.807, 2.05) is 13.8 Å². The SMILES string of the molecule is CCC(C)C(N)C(=O)OC1CCCCC1. The minimum absolute atomic E-state index is 0.126. The Hall–Kier alpha value is -0.570. The van der Waals surface area contributed by atoms with Gasteiger partial charge >= 0.3 is 5.97 Å². The summed E-state index contributed by atoms with van der Waals surface area (Å²) in [6.45, 7) is 4.03. The van der Waals surface area contributed by atoms with Gasteiger partial charge in [-0.3, -0.25) is 4.79 Å². The summed E-state index contributed by atoms with van der Waals surface area (Å²) in [5.74, 6) is -0.00246. The maximum atomic E-state index is 11.7. The van der Waals surface area contributed by atoms with Gasteiger partial charge in [0.2, 0.25) is 0 Å². The van der Waals surface area contributed by atoms with Crippen LogP contribution < -0.4 is 5.73 Å². The molecular formula is C12H23NO2. The van der Waals surface area contributed by atoms with Gasteiger partial charge in [-0.05, 0) is 31.6 Å². The van der Waals surface area contributed by atoms with Crippen LogP contribution in [-0.4, -0.2) is 18.1 Å². The Morgan fingerprint density at radius 1 is 1.40 bits per heavy atom. The molecular weight excluding hydrogens is 190 g/mol.